The van der Waals surface area contributed by atoms with Crippen LogP contribution in [0.3, 0.4) is 0 Å². The molecule has 4 aliphatic carbocycles. The van der Waals surface area contributed by atoms with Crippen LogP contribution < -0.4 is 0 Å². The lowest BCUT2D eigenvalue weighted by Gasteiger charge is -2.47. The van der Waals surface area contributed by atoms with Crippen molar-refractivity contribution in [3.63, 3.8) is 0 Å². The van der Waals surface area contributed by atoms with Crippen molar-refractivity contribution in [3.8, 4) is 0 Å². The summed E-state index contributed by atoms with van der Waals surface area (Å²) in [5.74, 6) is -1.49. The molecule has 0 unspecified atom stereocenters. The Morgan fingerprint density at radius 3 is 0.854 bits per heavy atom. The smallest absolute Gasteiger partial charge is 0.162 e. The highest BCUT2D eigenvalue weighted by Crippen LogP contribution is 2.56. The van der Waals surface area contributed by atoms with Gasteiger partial charge in [-0.25, -0.2) is 10.1 Å². The maximum atomic E-state index is 13.9. The summed E-state index contributed by atoms with van der Waals surface area (Å²) in [6, 6.07) is 7.68. The van der Waals surface area contributed by atoms with Crippen molar-refractivity contribution in [2.45, 2.75) is 119 Å². The minimum atomic E-state index is -0.613. The van der Waals surface area contributed by atoms with Gasteiger partial charge < -0.3 is 0 Å². The predicted octanol–water partition coefficient (Wildman–Crippen LogP) is 7.84. The molecule has 0 atom stereocenters. The number of nitrogens with zero attached hydrogens (tertiary/aromatic N) is 2. The molecule has 7 rings (SSSR count). The third kappa shape index (κ3) is 5.18. The Hall–Kier alpha value is -3.62. The lowest BCUT2D eigenvalue weighted by Crippen LogP contribution is -2.43. The summed E-state index contributed by atoms with van der Waals surface area (Å²) >= 11 is 0. The van der Waals surface area contributed by atoms with E-state index in [2.05, 4.69) is 0 Å². The molecule has 0 bridgehead atoms. The monoisotopic (exact) mass is 652 g/mol. The quantitative estimate of drug-likeness (QED) is 0.332. The van der Waals surface area contributed by atoms with Crippen LogP contribution in [0.25, 0.3) is 0 Å². The fourth-order valence-electron chi connectivity index (χ4n) is 9.44. The zero-order valence-corrected chi connectivity index (χ0v) is 29.5. The number of benzene rings is 1. The van der Waals surface area contributed by atoms with E-state index in [0.717, 1.165) is 21.3 Å². The highest BCUT2D eigenvalue weighted by molar-refractivity contribution is 6.08. The summed E-state index contributed by atoms with van der Waals surface area (Å²) in [5, 5.41) is 25.4. The van der Waals surface area contributed by atoms with Gasteiger partial charge in [0.2, 0.25) is 0 Å². The molecule has 0 radical (unpaired) electrons. The fourth-order valence-corrected chi connectivity index (χ4v) is 9.44. The van der Waals surface area contributed by atoms with Gasteiger partial charge in [-0.1, -0.05) is 79.7 Å². The van der Waals surface area contributed by atoms with Crippen LogP contribution in [0.5, 0.6) is 0 Å². The molecule has 1 aromatic carbocycles. The summed E-state index contributed by atoms with van der Waals surface area (Å²) in [7, 11) is 0. The van der Waals surface area contributed by atoms with E-state index in [-0.39, 0.29) is 44.8 Å². The summed E-state index contributed by atoms with van der Waals surface area (Å²) in [4.78, 5) is 55.5. The molecule has 0 amide bonds. The minimum Gasteiger partial charge on any atom is -0.294 e. The van der Waals surface area contributed by atoms with Gasteiger partial charge in [-0.2, -0.15) is 0 Å². The van der Waals surface area contributed by atoms with Gasteiger partial charge in [-0.3, -0.25) is 29.6 Å². The molecule has 254 valence electrons. The second kappa shape index (κ2) is 10.4. The van der Waals surface area contributed by atoms with Crippen LogP contribution in [0, 0.1) is 21.7 Å². The maximum absolute atomic E-state index is 13.9. The van der Waals surface area contributed by atoms with Crippen molar-refractivity contribution in [2.24, 2.45) is 21.7 Å². The number of hydrogen-bond donors (Lipinski definition) is 2. The van der Waals surface area contributed by atoms with E-state index >= 15 is 0 Å². The number of rotatable bonds is 2. The minimum absolute atomic E-state index is 0.0655. The van der Waals surface area contributed by atoms with E-state index in [1.54, 1.807) is 0 Å². The van der Waals surface area contributed by atoms with Crippen LogP contribution in [0.15, 0.2) is 69.3 Å². The number of Topliss-reactive ketones (excluding diaryl/α,β-unsaturated/α-hetero) is 4. The molecule has 0 saturated carbocycles. The van der Waals surface area contributed by atoms with Crippen LogP contribution >= 0.6 is 0 Å². The molecular formula is C40H48N2O6. The first-order valence-corrected chi connectivity index (χ1v) is 17.3. The molecule has 1 aromatic rings. The van der Waals surface area contributed by atoms with Crippen molar-refractivity contribution in [3.05, 3.63) is 80.5 Å². The van der Waals surface area contributed by atoms with Crippen molar-refractivity contribution >= 4 is 23.1 Å². The van der Waals surface area contributed by atoms with Crippen LogP contribution in [-0.4, -0.2) is 43.7 Å². The van der Waals surface area contributed by atoms with Gasteiger partial charge in [-0.15, -0.1) is 0 Å². The summed E-state index contributed by atoms with van der Waals surface area (Å²) in [5.41, 5.74) is 4.40. The Morgan fingerprint density at radius 2 is 0.646 bits per heavy atom. The first-order valence-electron chi connectivity index (χ1n) is 17.3. The molecule has 0 spiro atoms. The lowest BCUT2D eigenvalue weighted by atomic mass is 9.63. The third-order valence-corrected chi connectivity index (χ3v) is 11.4. The Kier molecular flexibility index (Phi) is 7.16. The van der Waals surface area contributed by atoms with Gasteiger partial charge in [0, 0.05) is 59.8 Å². The van der Waals surface area contributed by atoms with E-state index in [1.807, 2.05) is 79.7 Å². The van der Waals surface area contributed by atoms with Crippen molar-refractivity contribution in [1.82, 2.24) is 10.1 Å². The number of hydrogen-bond acceptors (Lipinski definition) is 8. The lowest BCUT2D eigenvalue weighted by molar-refractivity contribution is -0.124. The van der Waals surface area contributed by atoms with Gasteiger partial charge in [0.25, 0.3) is 0 Å². The molecule has 6 aliphatic rings. The third-order valence-electron chi connectivity index (χ3n) is 11.4. The second-order valence-electron chi connectivity index (χ2n) is 18.4. The number of ketones is 4. The highest BCUT2D eigenvalue weighted by atomic mass is 16.5. The van der Waals surface area contributed by atoms with E-state index < -0.39 is 11.8 Å². The average molecular weight is 653 g/mol. The molecule has 2 N–H and O–H groups in total. The summed E-state index contributed by atoms with van der Waals surface area (Å²) in [6.07, 6.45) is 3.32. The first-order chi connectivity index (χ1) is 22.2. The van der Waals surface area contributed by atoms with Crippen LogP contribution in [0.1, 0.15) is 130 Å². The van der Waals surface area contributed by atoms with Gasteiger partial charge >= 0.3 is 0 Å². The Bertz CT molecular complexity index is 1590. The SMILES string of the molecule is CC1(C)CC(=O)C2=C(C1)N(O)C1=C(C(=O)CC(C)(C)C1)C2c1ccc(C2C3=C(CC(C)(C)CC3=O)N(O)C3=C2C(=O)CC(C)(C)C3)cc1. The zero-order chi connectivity index (χ0) is 34.9. The standard InChI is InChI=1S/C40H48N2O6/c1-37(2)13-23-33(27(43)17-37)31(34-24(41(23)47)14-38(3,4)18-28(34)44)21-9-11-22(12-10-21)32-35-25(15-39(5,6)19-29(35)45)42(48)26-16-40(7,8)20-30(46)36(26)32/h9-12,31-32,47-48H,13-20H2,1-8H3. The second-order valence-corrected chi connectivity index (χ2v) is 18.4. The zero-order valence-electron chi connectivity index (χ0n) is 29.5. The number of carbonyl (C=O) groups is 4. The van der Waals surface area contributed by atoms with Gasteiger partial charge in [0.15, 0.2) is 23.1 Å². The average Bonchev–Trinajstić information content (AvgIpc) is 2.93. The van der Waals surface area contributed by atoms with E-state index in [4.69, 9.17) is 0 Å². The molecule has 0 fully saturated rings. The van der Waals surface area contributed by atoms with Gasteiger partial charge in [0.05, 0.1) is 22.8 Å². The van der Waals surface area contributed by atoms with Gasteiger partial charge in [-0.05, 0) is 58.5 Å². The Labute approximate surface area is 283 Å². The van der Waals surface area contributed by atoms with E-state index in [0.29, 0.717) is 96.4 Å². The molecular weight excluding hydrogens is 604 g/mol. The molecule has 8 heteroatoms. The van der Waals surface area contributed by atoms with E-state index in [1.165, 1.54) is 0 Å². The van der Waals surface area contributed by atoms with Crippen molar-refractivity contribution in [2.75, 3.05) is 0 Å². The summed E-state index contributed by atoms with van der Waals surface area (Å²) in [6.45, 7) is 16.2. The van der Waals surface area contributed by atoms with Gasteiger partial charge in [0.1, 0.15) is 0 Å². The number of allylic oxidation sites excluding steroid dienone is 8. The molecule has 48 heavy (non-hydrogen) atoms. The van der Waals surface area contributed by atoms with Crippen molar-refractivity contribution < 1.29 is 29.6 Å². The van der Waals surface area contributed by atoms with Crippen LogP contribution in [0.2, 0.25) is 0 Å². The molecule has 0 saturated heterocycles. The fraction of sp³-hybridized carbons (Fsp3) is 0.550. The molecule has 8 nitrogen and oxygen atoms in total. The number of carbonyl (C=O) groups excluding carboxylic acids is 4. The Balaban J connectivity index is 1.38. The Morgan fingerprint density at radius 1 is 0.438 bits per heavy atom. The van der Waals surface area contributed by atoms with E-state index in [9.17, 15) is 29.6 Å². The summed E-state index contributed by atoms with van der Waals surface area (Å²) < 4.78 is 0. The number of hydroxylamine groups is 4. The first kappa shape index (κ1) is 32.9. The normalized spacial score (nSPS) is 27.0. The van der Waals surface area contributed by atoms with Crippen molar-refractivity contribution in [1.29, 1.82) is 0 Å². The molecule has 0 aromatic heterocycles. The molecule has 2 aliphatic heterocycles. The predicted molar refractivity (Wildman–Crippen MR) is 179 cm³/mol. The largest absolute Gasteiger partial charge is 0.294 e. The highest BCUT2D eigenvalue weighted by Gasteiger charge is 2.51. The van der Waals surface area contributed by atoms with Crippen LogP contribution in [-0.2, 0) is 19.2 Å². The maximum Gasteiger partial charge on any atom is 0.162 e. The van der Waals surface area contributed by atoms with Crippen LogP contribution in [0.4, 0.5) is 0 Å². The topological polar surface area (TPSA) is 115 Å². The molecule has 2 heterocycles.